The normalized spacial score (nSPS) is 14.8. The number of allylic oxidation sites excluding steroid dienone is 1. The van der Waals surface area contributed by atoms with Gasteiger partial charge < -0.3 is 14.5 Å². The van der Waals surface area contributed by atoms with Crippen LogP contribution >= 0.6 is 0 Å². The molecular weight excluding hydrogens is 400 g/mol. The standard InChI is InChI=1S/C22H20N4O5/c1-12(27)23-18(22(29)30-2)10-14-13-6-3-4-7-16(13)24-17(14)11-15-20(25-26-21(15)28)19-8-5-9-31-19/h3-9,11,18H,10H2,1-2H3,(H,23,27)(H2,25,26,28). The van der Waals surface area contributed by atoms with Crippen LogP contribution in [0.5, 0.6) is 0 Å². The molecule has 1 aromatic carbocycles. The summed E-state index contributed by atoms with van der Waals surface area (Å²) in [5.41, 5.74) is 1.72. The van der Waals surface area contributed by atoms with Crippen molar-refractivity contribution in [1.82, 2.24) is 15.5 Å². The average molecular weight is 420 g/mol. The maximum Gasteiger partial charge on any atom is 0.328 e. The number of carbonyl (C=O) groups excluding carboxylic acids is 2. The molecule has 2 aromatic heterocycles. The largest absolute Gasteiger partial charge is 0.467 e. The Labute approximate surface area is 176 Å². The molecule has 1 amide bonds. The number of ether oxygens (including phenoxy) is 1. The molecule has 0 fully saturated rings. The SMILES string of the molecule is COC(=O)C(CC1=c2ccccc2=NC1=Cc1c(-c2ccco2)[nH][nH]c1=O)NC(C)=O. The average Bonchev–Trinajstić information content (AvgIpc) is 3.47. The minimum atomic E-state index is -0.892. The minimum Gasteiger partial charge on any atom is -0.467 e. The maximum atomic E-state index is 12.5. The molecule has 31 heavy (non-hydrogen) atoms. The number of H-pyrrole nitrogens is 2. The number of methoxy groups -OCH3 is 1. The van der Waals surface area contributed by atoms with Crippen LogP contribution in [0.25, 0.3) is 23.1 Å². The Hall–Kier alpha value is -4.14. The molecule has 0 saturated carbocycles. The van der Waals surface area contributed by atoms with Crippen LogP contribution in [0.1, 0.15) is 18.9 Å². The highest BCUT2D eigenvalue weighted by atomic mass is 16.5. The number of carbonyl (C=O) groups is 2. The van der Waals surface area contributed by atoms with Gasteiger partial charge in [-0.1, -0.05) is 18.2 Å². The lowest BCUT2D eigenvalue weighted by atomic mass is 10.00. The van der Waals surface area contributed by atoms with Crippen LogP contribution < -0.4 is 21.5 Å². The van der Waals surface area contributed by atoms with E-state index in [1.165, 1.54) is 20.3 Å². The first-order chi connectivity index (χ1) is 15.0. The molecule has 1 atom stereocenters. The number of aromatic amines is 2. The molecule has 3 N–H and O–H groups in total. The topological polar surface area (TPSA) is 130 Å². The second-order valence-corrected chi connectivity index (χ2v) is 6.96. The minimum absolute atomic E-state index is 0.150. The number of hydrogen-bond acceptors (Lipinski definition) is 6. The van der Waals surface area contributed by atoms with Crippen LogP contribution in [0.4, 0.5) is 0 Å². The number of nitrogens with zero attached hydrogens (tertiary/aromatic N) is 1. The van der Waals surface area contributed by atoms with E-state index in [-0.39, 0.29) is 17.9 Å². The van der Waals surface area contributed by atoms with E-state index in [1.54, 1.807) is 18.2 Å². The lowest BCUT2D eigenvalue weighted by Crippen LogP contribution is -2.41. The molecule has 158 valence electrons. The van der Waals surface area contributed by atoms with Crippen molar-refractivity contribution in [3.05, 3.63) is 74.9 Å². The zero-order valence-corrected chi connectivity index (χ0v) is 16.9. The van der Waals surface area contributed by atoms with Crippen LogP contribution in [-0.4, -0.2) is 35.2 Å². The second kappa shape index (κ2) is 8.31. The predicted molar refractivity (Wildman–Crippen MR) is 112 cm³/mol. The van der Waals surface area contributed by atoms with Gasteiger partial charge in [-0.15, -0.1) is 0 Å². The first kappa shape index (κ1) is 20.1. The fourth-order valence-corrected chi connectivity index (χ4v) is 3.54. The lowest BCUT2D eigenvalue weighted by Gasteiger charge is -2.16. The van der Waals surface area contributed by atoms with E-state index in [4.69, 9.17) is 9.15 Å². The predicted octanol–water partition coefficient (Wildman–Crippen LogP) is 0.856. The van der Waals surface area contributed by atoms with Crippen molar-refractivity contribution in [2.45, 2.75) is 19.4 Å². The molecule has 3 aromatic rings. The first-order valence-electron chi connectivity index (χ1n) is 9.56. The van der Waals surface area contributed by atoms with Crippen molar-refractivity contribution in [3.8, 4) is 11.5 Å². The maximum absolute atomic E-state index is 12.5. The summed E-state index contributed by atoms with van der Waals surface area (Å²) in [7, 11) is 1.26. The number of benzene rings is 1. The quantitative estimate of drug-likeness (QED) is 0.509. The van der Waals surface area contributed by atoms with Gasteiger partial charge in [-0.3, -0.25) is 19.8 Å². The molecule has 0 spiro atoms. The fraction of sp³-hybridized carbons (Fsp3) is 0.182. The van der Waals surface area contributed by atoms with E-state index in [1.807, 2.05) is 24.3 Å². The summed E-state index contributed by atoms with van der Waals surface area (Å²) in [6.45, 7) is 1.33. The number of rotatable bonds is 6. The van der Waals surface area contributed by atoms with E-state index in [2.05, 4.69) is 20.5 Å². The summed E-state index contributed by atoms with van der Waals surface area (Å²) in [5, 5.41) is 9.53. The number of fused-ring (bicyclic) bond motifs is 1. The Balaban J connectivity index is 1.83. The zero-order valence-electron chi connectivity index (χ0n) is 16.9. The summed E-state index contributed by atoms with van der Waals surface area (Å²) < 4.78 is 10.3. The van der Waals surface area contributed by atoms with Crippen LogP contribution in [0.2, 0.25) is 0 Å². The summed E-state index contributed by atoms with van der Waals surface area (Å²) in [6.07, 6.45) is 3.31. The van der Waals surface area contributed by atoms with Crippen molar-refractivity contribution < 1.29 is 18.7 Å². The summed E-state index contributed by atoms with van der Waals surface area (Å²) in [4.78, 5) is 41.0. The van der Waals surface area contributed by atoms with Gasteiger partial charge in [-0.05, 0) is 29.8 Å². The second-order valence-electron chi connectivity index (χ2n) is 6.96. The van der Waals surface area contributed by atoms with Crippen molar-refractivity contribution in [1.29, 1.82) is 0 Å². The van der Waals surface area contributed by atoms with Crippen LogP contribution in [0.15, 0.2) is 62.6 Å². The zero-order chi connectivity index (χ0) is 22.0. The molecule has 9 nitrogen and oxygen atoms in total. The summed E-state index contributed by atoms with van der Waals surface area (Å²) in [6, 6.07) is 10.0. The molecule has 0 radical (unpaired) electrons. The number of esters is 1. The van der Waals surface area contributed by atoms with E-state index in [0.29, 0.717) is 33.6 Å². The van der Waals surface area contributed by atoms with Gasteiger partial charge in [0.15, 0.2) is 5.76 Å². The Bertz CT molecular complexity index is 1340. The Morgan fingerprint density at radius 3 is 2.74 bits per heavy atom. The molecule has 3 heterocycles. The van der Waals surface area contributed by atoms with Gasteiger partial charge in [0.25, 0.3) is 5.56 Å². The third kappa shape index (κ3) is 3.97. The van der Waals surface area contributed by atoms with Gasteiger partial charge in [0.1, 0.15) is 11.7 Å². The van der Waals surface area contributed by atoms with Crippen molar-refractivity contribution in [2.24, 2.45) is 4.99 Å². The Kier molecular flexibility index (Phi) is 5.40. The first-order valence-corrected chi connectivity index (χ1v) is 9.56. The van der Waals surface area contributed by atoms with E-state index in [0.717, 1.165) is 5.22 Å². The number of hydrogen-bond donors (Lipinski definition) is 3. The molecule has 1 unspecified atom stereocenters. The Morgan fingerprint density at radius 2 is 2.03 bits per heavy atom. The highest BCUT2D eigenvalue weighted by Gasteiger charge is 2.26. The van der Waals surface area contributed by atoms with Gasteiger partial charge in [0, 0.05) is 18.6 Å². The van der Waals surface area contributed by atoms with Gasteiger partial charge in [0.05, 0.1) is 30.0 Å². The van der Waals surface area contributed by atoms with Crippen molar-refractivity contribution >= 4 is 23.5 Å². The molecule has 1 aliphatic heterocycles. The molecule has 0 bridgehead atoms. The van der Waals surface area contributed by atoms with Crippen molar-refractivity contribution in [2.75, 3.05) is 7.11 Å². The number of para-hydroxylation sites is 1. The summed E-state index contributed by atoms with van der Waals surface area (Å²) in [5.74, 6) is -0.429. The fourth-order valence-electron chi connectivity index (χ4n) is 3.54. The highest BCUT2D eigenvalue weighted by molar-refractivity contribution is 5.87. The number of nitrogens with one attached hydrogen (secondary N) is 3. The van der Waals surface area contributed by atoms with Crippen LogP contribution in [-0.2, 0) is 14.3 Å². The van der Waals surface area contributed by atoms with E-state index < -0.39 is 12.0 Å². The highest BCUT2D eigenvalue weighted by Crippen LogP contribution is 2.26. The van der Waals surface area contributed by atoms with E-state index >= 15 is 0 Å². The molecule has 0 aliphatic carbocycles. The Morgan fingerprint density at radius 1 is 1.23 bits per heavy atom. The van der Waals surface area contributed by atoms with Gasteiger partial charge in [-0.2, -0.15) is 0 Å². The molecule has 9 heteroatoms. The number of amides is 1. The third-order valence-corrected chi connectivity index (χ3v) is 4.91. The molecule has 4 rings (SSSR count). The number of furan rings is 1. The van der Waals surface area contributed by atoms with Gasteiger partial charge >= 0.3 is 5.97 Å². The smallest absolute Gasteiger partial charge is 0.328 e. The van der Waals surface area contributed by atoms with Crippen LogP contribution in [0.3, 0.4) is 0 Å². The van der Waals surface area contributed by atoms with Gasteiger partial charge in [-0.25, -0.2) is 9.79 Å². The summed E-state index contributed by atoms with van der Waals surface area (Å²) >= 11 is 0. The van der Waals surface area contributed by atoms with Gasteiger partial charge in [0.2, 0.25) is 5.91 Å². The third-order valence-electron chi connectivity index (χ3n) is 4.91. The van der Waals surface area contributed by atoms with E-state index in [9.17, 15) is 14.4 Å². The molecule has 1 aliphatic rings. The lowest BCUT2D eigenvalue weighted by molar-refractivity contribution is -0.144. The monoisotopic (exact) mass is 420 g/mol. The molecule has 0 saturated heterocycles. The number of aromatic nitrogens is 2. The van der Waals surface area contributed by atoms with Crippen molar-refractivity contribution in [3.63, 3.8) is 0 Å². The van der Waals surface area contributed by atoms with Crippen LogP contribution in [0, 0.1) is 0 Å². The molecular formula is C22H20N4O5.